The molecule has 2 fully saturated rings. The number of nitrogens with zero attached hydrogens (tertiary/aromatic N) is 2. The summed E-state index contributed by atoms with van der Waals surface area (Å²) in [5.41, 5.74) is 0. The van der Waals surface area contributed by atoms with E-state index in [1.807, 2.05) is 0 Å². The quantitative estimate of drug-likeness (QED) is 0.786. The van der Waals surface area contributed by atoms with Crippen LogP contribution in [0.3, 0.4) is 0 Å². The van der Waals surface area contributed by atoms with Gasteiger partial charge in [-0.15, -0.1) is 0 Å². The molecule has 19 heavy (non-hydrogen) atoms. The molecule has 0 aromatic carbocycles. The van der Waals surface area contributed by atoms with Crippen LogP contribution < -0.4 is 0 Å². The number of piperazine rings is 1. The molecule has 2 amide bonds. The van der Waals surface area contributed by atoms with Gasteiger partial charge >= 0.3 is 6.18 Å². The molecule has 0 saturated carbocycles. The Hall–Kier alpha value is -1.27. The molecule has 2 aliphatic rings. The maximum absolute atomic E-state index is 12.3. The fraction of sp³-hybridized carbons (Fsp3) is 0.833. The smallest absolute Gasteiger partial charge is 0.329 e. The van der Waals surface area contributed by atoms with Gasteiger partial charge in [-0.05, 0) is 19.3 Å². The molecule has 2 unspecified atom stereocenters. The molecule has 2 aliphatic heterocycles. The van der Waals surface area contributed by atoms with E-state index in [1.165, 1.54) is 4.90 Å². The Morgan fingerprint density at radius 1 is 1.26 bits per heavy atom. The number of amides is 2. The number of carbonyl (C=O) groups excluding carboxylic acids is 2. The van der Waals surface area contributed by atoms with E-state index >= 15 is 0 Å². The van der Waals surface area contributed by atoms with Crippen LogP contribution in [0.15, 0.2) is 0 Å². The van der Waals surface area contributed by atoms with E-state index in [2.05, 4.69) is 0 Å². The molecular formula is C12H17F3N2O2. The van der Waals surface area contributed by atoms with Crippen LogP contribution in [-0.4, -0.2) is 53.0 Å². The van der Waals surface area contributed by atoms with Gasteiger partial charge in [0.25, 0.3) is 0 Å². The van der Waals surface area contributed by atoms with Gasteiger partial charge in [0.15, 0.2) is 0 Å². The minimum atomic E-state index is -4.31. The predicted molar refractivity (Wildman–Crippen MR) is 61.2 cm³/mol. The summed E-state index contributed by atoms with van der Waals surface area (Å²) in [6, 6.07) is -1.27. The molecular weight excluding hydrogens is 261 g/mol. The molecule has 2 heterocycles. The van der Waals surface area contributed by atoms with Crippen molar-refractivity contribution in [3.63, 3.8) is 0 Å². The van der Waals surface area contributed by atoms with Crippen LogP contribution in [0, 0.1) is 0 Å². The second kappa shape index (κ2) is 5.02. The third-order valence-corrected chi connectivity index (χ3v) is 3.79. The van der Waals surface area contributed by atoms with Crippen LogP contribution in [0.2, 0.25) is 0 Å². The number of fused-ring (bicyclic) bond motifs is 1. The summed E-state index contributed by atoms with van der Waals surface area (Å²) in [5.74, 6) is -0.528. The van der Waals surface area contributed by atoms with Gasteiger partial charge < -0.3 is 9.80 Å². The number of hydrogen-bond acceptors (Lipinski definition) is 2. The molecule has 0 radical (unpaired) electrons. The van der Waals surface area contributed by atoms with Gasteiger partial charge in [-0.25, -0.2) is 0 Å². The van der Waals surface area contributed by atoms with E-state index in [9.17, 15) is 22.8 Å². The lowest BCUT2D eigenvalue weighted by Gasteiger charge is -2.42. The second-order valence-corrected chi connectivity index (χ2v) is 5.01. The molecule has 4 nitrogen and oxygen atoms in total. The first-order valence-corrected chi connectivity index (χ1v) is 6.53. The Bertz CT molecular complexity index is 384. The molecule has 108 valence electrons. The molecule has 0 aliphatic carbocycles. The van der Waals surface area contributed by atoms with E-state index in [-0.39, 0.29) is 11.8 Å². The highest BCUT2D eigenvalue weighted by Crippen LogP contribution is 2.29. The van der Waals surface area contributed by atoms with Gasteiger partial charge in [0.2, 0.25) is 11.8 Å². The normalized spacial score (nSPS) is 28.0. The fourth-order valence-corrected chi connectivity index (χ4v) is 2.87. The Kier molecular flexibility index (Phi) is 3.73. The summed E-state index contributed by atoms with van der Waals surface area (Å²) >= 11 is 0. The minimum Gasteiger partial charge on any atom is -0.329 e. The van der Waals surface area contributed by atoms with Gasteiger partial charge in [0.05, 0.1) is 6.42 Å². The van der Waals surface area contributed by atoms with Crippen molar-refractivity contribution < 1.29 is 22.8 Å². The molecule has 0 aromatic rings. The molecule has 2 atom stereocenters. The number of halogens is 3. The third-order valence-electron chi connectivity index (χ3n) is 3.79. The predicted octanol–water partition coefficient (Wildman–Crippen LogP) is 1.55. The zero-order chi connectivity index (χ0) is 14.2. The number of carbonyl (C=O) groups is 2. The van der Waals surface area contributed by atoms with E-state index < -0.39 is 31.2 Å². The topological polar surface area (TPSA) is 40.6 Å². The van der Waals surface area contributed by atoms with Gasteiger partial charge in [-0.1, -0.05) is 6.92 Å². The van der Waals surface area contributed by atoms with Gasteiger partial charge in [0, 0.05) is 13.1 Å². The Balaban J connectivity index is 2.15. The van der Waals surface area contributed by atoms with Crippen LogP contribution in [0.5, 0.6) is 0 Å². The first-order chi connectivity index (χ1) is 8.85. The van der Waals surface area contributed by atoms with Crippen molar-refractivity contribution in [2.24, 2.45) is 0 Å². The van der Waals surface area contributed by atoms with E-state index in [0.29, 0.717) is 19.4 Å². The van der Waals surface area contributed by atoms with Crippen molar-refractivity contribution in [1.29, 1.82) is 0 Å². The summed E-state index contributed by atoms with van der Waals surface area (Å²) in [6.07, 6.45) is -3.72. The van der Waals surface area contributed by atoms with Crippen LogP contribution in [0.1, 0.15) is 32.6 Å². The summed E-state index contributed by atoms with van der Waals surface area (Å²) in [6.45, 7) is 1.84. The lowest BCUT2D eigenvalue weighted by atomic mass is 10.0. The van der Waals surface area contributed by atoms with Crippen molar-refractivity contribution in [1.82, 2.24) is 9.80 Å². The molecule has 0 aromatic heterocycles. The van der Waals surface area contributed by atoms with Crippen LogP contribution in [0.25, 0.3) is 0 Å². The van der Waals surface area contributed by atoms with Gasteiger partial charge in [-0.3, -0.25) is 9.59 Å². The van der Waals surface area contributed by atoms with Crippen LogP contribution in [-0.2, 0) is 9.59 Å². The summed E-state index contributed by atoms with van der Waals surface area (Å²) in [7, 11) is 0. The second-order valence-electron chi connectivity index (χ2n) is 5.01. The Morgan fingerprint density at radius 2 is 1.95 bits per heavy atom. The third kappa shape index (κ3) is 2.69. The fourth-order valence-electron chi connectivity index (χ4n) is 2.87. The molecule has 0 bridgehead atoms. The first-order valence-electron chi connectivity index (χ1n) is 6.53. The zero-order valence-corrected chi connectivity index (χ0v) is 10.7. The van der Waals surface area contributed by atoms with Crippen LogP contribution >= 0.6 is 0 Å². The summed E-state index contributed by atoms with van der Waals surface area (Å²) in [5, 5.41) is 0. The van der Waals surface area contributed by atoms with Crippen molar-refractivity contribution >= 4 is 11.8 Å². The SMILES string of the molecule is CCC1C(=O)N2CCCC2C(=O)N1CCC(F)(F)F. The van der Waals surface area contributed by atoms with E-state index in [4.69, 9.17) is 0 Å². The number of rotatable bonds is 3. The number of hydrogen-bond donors (Lipinski definition) is 0. The van der Waals surface area contributed by atoms with E-state index in [1.54, 1.807) is 6.92 Å². The van der Waals surface area contributed by atoms with Crippen molar-refractivity contribution in [2.75, 3.05) is 13.1 Å². The highest BCUT2D eigenvalue weighted by molar-refractivity contribution is 5.97. The highest BCUT2D eigenvalue weighted by atomic mass is 19.4. The Morgan fingerprint density at radius 3 is 2.53 bits per heavy atom. The molecule has 2 saturated heterocycles. The highest BCUT2D eigenvalue weighted by Gasteiger charge is 2.47. The van der Waals surface area contributed by atoms with Crippen molar-refractivity contribution in [2.45, 2.75) is 50.9 Å². The van der Waals surface area contributed by atoms with Gasteiger partial charge in [-0.2, -0.15) is 13.2 Å². The van der Waals surface area contributed by atoms with Crippen molar-refractivity contribution in [3.8, 4) is 0 Å². The number of alkyl halides is 3. The lowest BCUT2D eigenvalue weighted by molar-refractivity contribution is -0.165. The molecule has 0 spiro atoms. The van der Waals surface area contributed by atoms with E-state index in [0.717, 1.165) is 11.3 Å². The maximum Gasteiger partial charge on any atom is 0.390 e. The monoisotopic (exact) mass is 278 g/mol. The summed E-state index contributed by atoms with van der Waals surface area (Å²) in [4.78, 5) is 27.0. The lowest BCUT2D eigenvalue weighted by Crippen LogP contribution is -2.62. The molecule has 7 heteroatoms. The first kappa shape index (κ1) is 14.1. The van der Waals surface area contributed by atoms with Crippen molar-refractivity contribution in [3.05, 3.63) is 0 Å². The maximum atomic E-state index is 12.3. The minimum absolute atomic E-state index is 0.202. The molecule has 0 N–H and O–H groups in total. The average Bonchev–Trinajstić information content (AvgIpc) is 2.80. The average molecular weight is 278 g/mol. The largest absolute Gasteiger partial charge is 0.390 e. The molecule has 2 rings (SSSR count). The Labute approximate surface area is 109 Å². The van der Waals surface area contributed by atoms with Gasteiger partial charge in [0.1, 0.15) is 12.1 Å². The van der Waals surface area contributed by atoms with Crippen LogP contribution in [0.4, 0.5) is 13.2 Å². The standard InChI is InChI=1S/C12H17F3N2O2/c1-2-8-10(18)16-6-3-4-9(16)11(19)17(8)7-5-12(13,14)15/h8-9H,2-7H2,1H3. The summed E-state index contributed by atoms with van der Waals surface area (Å²) < 4.78 is 36.9. The zero-order valence-electron chi connectivity index (χ0n) is 10.7.